The largest absolute Gasteiger partial charge is 0.511 e. The Morgan fingerprint density at radius 1 is 1.23 bits per heavy atom. The molecule has 0 amide bonds. The maximum absolute atomic E-state index is 11.5. The molecule has 0 N–H and O–H groups in total. The van der Waals surface area contributed by atoms with Crippen LogP contribution in [0.3, 0.4) is 0 Å². The average molecular weight is 205 g/mol. The topological polar surface area (TPSA) is 26.3 Å². The first-order chi connectivity index (χ1) is 6.26. The maximum Gasteiger partial charge on any atom is 0.511 e. The minimum Gasteiger partial charge on any atom is -0.146 e. The van der Waals surface area contributed by atoms with Gasteiger partial charge in [0.25, 0.3) is 0 Å². The highest BCUT2D eigenvalue weighted by Crippen LogP contribution is 2.34. The molecule has 0 aliphatic heterocycles. The number of hydrogen-bond donors (Lipinski definition) is 0. The molecule has 0 aromatic heterocycles. The first kappa shape index (κ1) is 13.1. The molecular weight excluding hydrogens is 183 g/mol. The smallest absolute Gasteiger partial charge is 0.146 e. The Bertz CT molecular complexity index is 137. The van der Waals surface area contributed by atoms with Gasteiger partial charge in [-0.05, 0) is 30.8 Å². The first-order valence-electron chi connectivity index (χ1n) is 5.35. The van der Waals surface area contributed by atoms with E-state index in [0.717, 1.165) is 12.8 Å². The fourth-order valence-electron chi connectivity index (χ4n) is 1.32. The quantitative estimate of drug-likeness (QED) is 0.440. The zero-order valence-corrected chi connectivity index (χ0v) is 9.98. The van der Waals surface area contributed by atoms with Crippen molar-refractivity contribution in [1.82, 2.24) is 0 Å². The highest BCUT2D eigenvalue weighted by Gasteiger charge is 2.29. The van der Waals surface area contributed by atoms with Crippen molar-refractivity contribution in [3.05, 3.63) is 0 Å². The molecule has 0 radical (unpaired) electrons. The summed E-state index contributed by atoms with van der Waals surface area (Å²) < 4.78 is 16.6. The van der Waals surface area contributed by atoms with Crippen LogP contribution in [0.5, 0.6) is 0 Å². The average Bonchev–Trinajstić information content (AvgIpc) is 2.13. The Balaban J connectivity index is 3.67. The molecule has 0 fully saturated rings. The van der Waals surface area contributed by atoms with Crippen LogP contribution in [0.4, 0.5) is 0 Å². The second-order valence-corrected chi connectivity index (χ2v) is 4.82. The number of unbranched alkanes of at least 4 members (excludes halogenated alkanes) is 2. The van der Waals surface area contributed by atoms with E-state index in [0.29, 0.717) is 6.61 Å². The van der Waals surface area contributed by atoms with Crippen molar-refractivity contribution >= 4 is 8.03 Å². The van der Waals surface area contributed by atoms with E-state index < -0.39 is 8.03 Å². The van der Waals surface area contributed by atoms with E-state index in [1.165, 1.54) is 19.3 Å². The molecule has 2 atom stereocenters. The second-order valence-electron chi connectivity index (χ2n) is 3.26. The number of rotatable bonds is 8. The standard InChI is InChI=1S/C10H22O2P/c1-4-7-8-9-10(5-2)13(11)12-6-3/h10H,4-9H2,1-3H3/q+1. The van der Waals surface area contributed by atoms with E-state index in [4.69, 9.17) is 4.52 Å². The lowest BCUT2D eigenvalue weighted by atomic mass is 10.1. The zero-order valence-electron chi connectivity index (χ0n) is 9.08. The molecule has 0 aromatic rings. The molecule has 3 heteroatoms. The van der Waals surface area contributed by atoms with E-state index >= 15 is 0 Å². The van der Waals surface area contributed by atoms with Crippen molar-refractivity contribution in [3.63, 3.8) is 0 Å². The lowest BCUT2D eigenvalue weighted by molar-refractivity contribution is 0.340. The Morgan fingerprint density at radius 3 is 2.38 bits per heavy atom. The molecule has 0 saturated carbocycles. The summed E-state index contributed by atoms with van der Waals surface area (Å²) in [5.74, 6) is 0. The highest BCUT2D eigenvalue weighted by molar-refractivity contribution is 7.40. The molecule has 0 spiro atoms. The van der Waals surface area contributed by atoms with Gasteiger partial charge in [-0.1, -0.05) is 26.7 Å². The summed E-state index contributed by atoms with van der Waals surface area (Å²) in [5.41, 5.74) is 0.279. The molecule has 2 unspecified atom stereocenters. The monoisotopic (exact) mass is 205 g/mol. The van der Waals surface area contributed by atoms with Crippen LogP contribution in [0.1, 0.15) is 52.9 Å². The van der Waals surface area contributed by atoms with Gasteiger partial charge >= 0.3 is 8.03 Å². The van der Waals surface area contributed by atoms with Gasteiger partial charge in [-0.3, -0.25) is 0 Å². The highest BCUT2D eigenvalue weighted by atomic mass is 31.1. The van der Waals surface area contributed by atoms with Gasteiger partial charge in [-0.15, -0.1) is 4.52 Å². The molecule has 0 aromatic carbocycles. The molecule has 0 aliphatic carbocycles. The van der Waals surface area contributed by atoms with E-state index in [1.807, 2.05) is 6.92 Å². The molecule has 13 heavy (non-hydrogen) atoms. The van der Waals surface area contributed by atoms with Crippen molar-refractivity contribution in [2.24, 2.45) is 0 Å². The Kier molecular flexibility index (Phi) is 8.69. The first-order valence-corrected chi connectivity index (χ1v) is 6.60. The van der Waals surface area contributed by atoms with Crippen LogP contribution in [0, 0.1) is 0 Å². The predicted octanol–water partition coefficient (Wildman–Crippen LogP) is 4.12. The lowest BCUT2D eigenvalue weighted by Gasteiger charge is -2.01. The molecule has 78 valence electrons. The maximum atomic E-state index is 11.5. The Morgan fingerprint density at radius 2 is 1.92 bits per heavy atom. The molecular formula is C10H22O2P+. The predicted molar refractivity (Wildman–Crippen MR) is 57.5 cm³/mol. The molecule has 0 aliphatic rings. The normalized spacial score (nSPS) is 14.2. The van der Waals surface area contributed by atoms with Crippen LogP contribution < -0.4 is 0 Å². The van der Waals surface area contributed by atoms with Crippen LogP contribution in [-0.2, 0) is 9.09 Å². The third kappa shape index (κ3) is 6.17. The zero-order chi connectivity index (χ0) is 10.1. The van der Waals surface area contributed by atoms with Crippen molar-refractivity contribution < 1.29 is 9.09 Å². The second kappa shape index (κ2) is 8.65. The van der Waals surface area contributed by atoms with Crippen LogP contribution in [0.25, 0.3) is 0 Å². The van der Waals surface area contributed by atoms with Gasteiger partial charge in [-0.25, -0.2) is 0 Å². The van der Waals surface area contributed by atoms with Crippen molar-refractivity contribution in [2.75, 3.05) is 6.61 Å². The van der Waals surface area contributed by atoms with Crippen LogP contribution in [-0.4, -0.2) is 12.3 Å². The van der Waals surface area contributed by atoms with Gasteiger partial charge in [-0.2, -0.15) is 0 Å². The lowest BCUT2D eigenvalue weighted by Crippen LogP contribution is -2.02. The summed E-state index contributed by atoms with van der Waals surface area (Å²) in [5, 5.41) is 0. The molecule has 0 heterocycles. The molecule has 0 bridgehead atoms. The minimum atomic E-state index is -1.41. The summed E-state index contributed by atoms with van der Waals surface area (Å²) in [4.78, 5) is 0. The fourth-order valence-corrected chi connectivity index (χ4v) is 2.48. The summed E-state index contributed by atoms with van der Waals surface area (Å²) in [6.07, 6.45) is 5.68. The minimum absolute atomic E-state index is 0.279. The van der Waals surface area contributed by atoms with Crippen LogP contribution >= 0.6 is 8.03 Å². The third-order valence-electron chi connectivity index (χ3n) is 2.17. The van der Waals surface area contributed by atoms with Gasteiger partial charge in [0.15, 0.2) is 5.66 Å². The number of hydrogen-bond acceptors (Lipinski definition) is 2. The van der Waals surface area contributed by atoms with Crippen molar-refractivity contribution in [3.8, 4) is 0 Å². The summed E-state index contributed by atoms with van der Waals surface area (Å²) in [6, 6.07) is 0. The summed E-state index contributed by atoms with van der Waals surface area (Å²) >= 11 is 0. The van der Waals surface area contributed by atoms with Crippen LogP contribution in [0.15, 0.2) is 0 Å². The van der Waals surface area contributed by atoms with Crippen LogP contribution in [0.2, 0.25) is 0 Å². The Hall–Kier alpha value is 0.0600. The fraction of sp³-hybridized carbons (Fsp3) is 1.00. The molecule has 2 nitrogen and oxygen atoms in total. The van der Waals surface area contributed by atoms with Gasteiger partial charge in [0.05, 0.1) is 6.61 Å². The van der Waals surface area contributed by atoms with Crippen molar-refractivity contribution in [2.45, 2.75) is 58.5 Å². The van der Waals surface area contributed by atoms with Gasteiger partial charge < -0.3 is 0 Å². The SMILES string of the molecule is CCCCCC(CC)[P+](=O)OCC. The van der Waals surface area contributed by atoms with E-state index in [1.54, 1.807) is 0 Å². The van der Waals surface area contributed by atoms with Crippen molar-refractivity contribution in [1.29, 1.82) is 0 Å². The van der Waals surface area contributed by atoms with Gasteiger partial charge in [0.2, 0.25) is 0 Å². The summed E-state index contributed by atoms with van der Waals surface area (Å²) in [6.45, 7) is 6.73. The van der Waals surface area contributed by atoms with E-state index in [9.17, 15) is 4.57 Å². The summed E-state index contributed by atoms with van der Waals surface area (Å²) in [7, 11) is -1.41. The molecule has 0 rings (SSSR count). The third-order valence-corrected chi connectivity index (χ3v) is 3.90. The van der Waals surface area contributed by atoms with Gasteiger partial charge in [0.1, 0.15) is 0 Å². The van der Waals surface area contributed by atoms with E-state index in [2.05, 4.69) is 13.8 Å². The van der Waals surface area contributed by atoms with E-state index in [-0.39, 0.29) is 5.66 Å². The van der Waals surface area contributed by atoms with Gasteiger partial charge in [0, 0.05) is 0 Å². The molecule has 0 saturated heterocycles. The Labute approximate surface area is 82.9 Å².